The molecule has 0 heteroatoms. The second-order valence-electron chi connectivity index (χ2n) is 14.8. The van der Waals surface area contributed by atoms with Gasteiger partial charge in [0.25, 0.3) is 0 Å². The number of hydrogen-bond acceptors (Lipinski definition) is 0. The van der Waals surface area contributed by atoms with Crippen molar-refractivity contribution in [2.45, 2.75) is 0 Å². The first-order valence-corrected chi connectivity index (χ1v) is 18.8. The van der Waals surface area contributed by atoms with E-state index < -0.39 is 0 Å². The second kappa shape index (κ2) is 11.2. The maximum Gasteiger partial charge on any atom is -0.00206 e. The highest BCUT2D eigenvalue weighted by Crippen LogP contribution is 2.45. The third-order valence-corrected chi connectivity index (χ3v) is 11.9. The Morgan fingerprint density at radius 2 is 0.556 bits per heavy atom. The molecule has 0 saturated heterocycles. The first kappa shape index (κ1) is 29.5. The van der Waals surface area contributed by atoms with E-state index >= 15 is 0 Å². The van der Waals surface area contributed by atoms with Crippen LogP contribution < -0.4 is 0 Å². The predicted molar refractivity (Wildman–Crippen MR) is 233 cm³/mol. The molecule has 12 aromatic rings. The van der Waals surface area contributed by atoms with Crippen LogP contribution in [0, 0.1) is 0 Å². The molecule has 0 unspecified atom stereocenters. The highest BCUT2D eigenvalue weighted by atomic mass is 14.2. The van der Waals surface area contributed by atoms with Crippen LogP contribution in [0.25, 0.3) is 120 Å². The van der Waals surface area contributed by atoms with Crippen LogP contribution in [-0.4, -0.2) is 0 Å². The molecule has 0 N–H and O–H groups in total. The second-order valence-corrected chi connectivity index (χ2v) is 14.8. The van der Waals surface area contributed by atoms with E-state index in [1.807, 2.05) is 0 Å². The van der Waals surface area contributed by atoms with Crippen molar-refractivity contribution in [2.75, 3.05) is 0 Å². The third kappa shape index (κ3) is 4.26. The van der Waals surface area contributed by atoms with Crippen molar-refractivity contribution in [3.63, 3.8) is 0 Å². The van der Waals surface area contributed by atoms with E-state index in [4.69, 9.17) is 0 Å². The van der Waals surface area contributed by atoms with Crippen LogP contribution in [0.4, 0.5) is 0 Å². The van der Waals surface area contributed by atoms with Gasteiger partial charge in [-0.3, -0.25) is 0 Å². The van der Waals surface area contributed by atoms with Gasteiger partial charge in [-0.25, -0.2) is 0 Å². The predicted octanol–water partition coefficient (Wildman–Crippen LogP) is 15.3. The summed E-state index contributed by atoms with van der Waals surface area (Å²) in [4.78, 5) is 0. The number of rotatable bonds is 4. The summed E-state index contributed by atoms with van der Waals surface area (Å²) in [5, 5.41) is 18.2. The van der Waals surface area contributed by atoms with Gasteiger partial charge in [0, 0.05) is 0 Å². The van der Waals surface area contributed by atoms with Crippen molar-refractivity contribution in [2.24, 2.45) is 0 Å². The van der Waals surface area contributed by atoms with E-state index in [1.54, 1.807) is 0 Å². The van der Waals surface area contributed by atoms with Gasteiger partial charge in [-0.05, 0) is 138 Å². The van der Waals surface area contributed by atoms with Crippen molar-refractivity contribution < 1.29 is 0 Å². The summed E-state index contributed by atoms with van der Waals surface area (Å²) in [5.41, 5.74) is 9.88. The molecule has 0 aliphatic carbocycles. The molecule has 12 rings (SSSR count). The van der Waals surface area contributed by atoms with Crippen molar-refractivity contribution >= 4 is 75.4 Å². The average Bonchev–Trinajstić information content (AvgIpc) is 3.24. The molecule has 0 fully saturated rings. The minimum Gasteiger partial charge on any atom is -0.0616 e. The summed E-state index contributed by atoms with van der Waals surface area (Å²) in [5.74, 6) is 0. The Kier molecular flexibility index (Phi) is 6.15. The van der Waals surface area contributed by atoms with E-state index in [0.717, 1.165) is 0 Å². The molecule has 0 saturated carbocycles. The minimum absolute atomic E-state index is 1.21. The lowest BCUT2D eigenvalue weighted by Gasteiger charge is -2.19. The first-order valence-electron chi connectivity index (χ1n) is 18.8. The summed E-state index contributed by atoms with van der Waals surface area (Å²) < 4.78 is 0. The molecule has 12 aromatic carbocycles. The molecule has 0 radical (unpaired) electrons. The van der Waals surface area contributed by atoms with E-state index in [1.165, 1.54) is 120 Å². The van der Waals surface area contributed by atoms with Gasteiger partial charge in [0.1, 0.15) is 0 Å². The van der Waals surface area contributed by atoms with Gasteiger partial charge in [0.2, 0.25) is 0 Å². The summed E-state index contributed by atoms with van der Waals surface area (Å²) >= 11 is 0. The molecule has 0 heterocycles. The summed E-state index contributed by atoms with van der Waals surface area (Å²) in [6.07, 6.45) is 0. The Labute approximate surface area is 312 Å². The fourth-order valence-electron chi connectivity index (χ4n) is 9.50. The molecular weight excluding hydrogens is 649 g/mol. The molecular formula is C54H32. The van der Waals surface area contributed by atoms with Gasteiger partial charge in [-0.15, -0.1) is 0 Å². The van der Waals surface area contributed by atoms with Gasteiger partial charge in [-0.2, -0.15) is 0 Å². The topological polar surface area (TPSA) is 0 Å². The van der Waals surface area contributed by atoms with Crippen LogP contribution in [0.5, 0.6) is 0 Å². The van der Waals surface area contributed by atoms with Crippen LogP contribution in [0.3, 0.4) is 0 Å². The maximum absolute atomic E-state index is 2.43. The van der Waals surface area contributed by atoms with Crippen LogP contribution in [0.1, 0.15) is 0 Å². The monoisotopic (exact) mass is 680 g/mol. The lowest BCUT2D eigenvalue weighted by molar-refractivity contribution is 1.58. The smallest absolute Gasteiger partial charge is 0.00206 e. The van der Waals surface area contributed by atoms with Crippen LogP contribution >= 0.6 is 0 Å². The van der Waals surface area contributed by atoms with E-state index in [-0.39, 0.29) is 0 Å². The number of benzene rings is 12. The van der Waals surface area contributed by atoms with Crippen molar-refractivity contribution in [1.29, 1.82) is 0 Å². The molecule has 0 atom stereocenters. The Bertz CT molecular complexity index is 3400. The zero-order valence-electron chi connectivity index (χ0n) is 29.5. The van der Waals surface area contributed by atoms with Crippen molar-refractivity contribution in [3.05, 3.63) is 194 Å². The van der Waals surface area contributed by atoms with Crippen LogP contribution in [0.2, 0.25) is 0 Å². The van der Waals surface area contributed by atoms with Gasteiger partial charge in [-0.1, -0.05) is 176 Å². The van der Waals surface area contributed by atoms with Gasteiger partial charge in [0.05, 0.1) is 0 Å². The summed E-state index contributed by atoms with van der Waals surface area (Å²) in [7, 11) is 0. The Morgan fingerprint density at radius 3 is 1.19 bits per heavy atom. The Balaban J connectivity index is 1.15. The summed E-state index contributed by atoms with van der Waals surface area (Å²) in [6.45, 7) is 0. The number of hydrogen-bond donors (Lipinski definition) is 0. The molecule has 0 nitrogen and oxygen atoms in total. The fraction of sp³-hybridized carbons (Fsp3) is 0. The molecule has 54 heavy (non-hydrogen) atoms. The van der Waals surface area contributed by atoms with E-state index in [0.29, 0.717) is 0 Å². The maximum atomic E-state index is 2.43. The van der Waals surface area contributed by atoms with Crippen LogP contribution in [0.15, 0.2) is 194 Å². The van der Waals surface area contributed by atoms with E-state index in [9.17, 15) is 0 Å². The lowest BCUT2D eigenvalue weighted by Crippen LogP contribution is -1.92. The SMILES string of the molecule is c1ccc(-c2ccc3ccc4cccc5ccc2c3c45)c(-c2cc(-c3cccc4ccccc34)cc(-c3ccc4ccc5cccc6ccc3c4c56)c2)c1. The zero-order chi connectivity index (χ0) is 35.3. The number of fused-ring (bicyclic) bond motifs is 1. The lowest BCUT2D eigenvalue weighted by atomic mass is 9.85. The molecule has 0 amide bonds. The normalized spacial score (nSPS) is 12.1. The van der Waals surface area contributed by atoms with Crippen molar-refractivity contribution in [1.82, 2.24) is 0 Å². The zero-order valence-corrected chi connectivity index (χ0v) is 29.5. The van der Waals surface area contributed by atoms with Crippen molar-refractivity contribution in [3.8, 4) is 44.5 Å². The van der Waals surface area contributed by atoms with Crippen LogP contribution in [-0.2, 0) is 0 Å². The Hall–Kier alpha value is -7.02. The van der Waals surface area contributed by atoms with Gasteiger partial charge >= 0.3 is 0 Å². The Morgan fingerprint density at radius 1 is 0.185 bits per heavy atom. The fourth-order valence-corrected chi connectivity index (χ4v) is 9.50. The third-order valence-electron chi connectivity index (χ3n) is 11.9. The summed E-state index contributed by atoms with van der Waals surface area (Å²) in [6, 6.07) is 72.6. The molecule has 0 spiro atoms. The first-order chi connectivity index (χ1) is 26.8. The molecule has 0 aliphatic rings. The highest BCUT2D eigenvalue weighted by Gasteiger charge is 2.18. The standard InChI is InChI=1S/C54H32/c1-2-14-43-33(8-1)9-7-17-44(43)40-30-41(32-42(31-40)46-26-22-38-20-18-34-10-5-12-36-24-28-49(46)53(38)51(34)36)45-15-3-4-16-47(45)48-27-23-39-21-19-35-11-6-13-37-25-29-50(48)54(39)52(35)37/h1-32H. The van der Waals surface area contributed by atoms with Gasteiger partial charge < -0.3 is 0 Å². The largest absolute Gasteiger partial charge is 0.0616 e. The highest BCUT2D eigenvalue weighted by molar-refractivity contribution is 6.27. The van der Waals surface area contributed by atoms with Gasteiger partial charge in [0.15, 0.2) is 0 Å². The molecule has 0 aliphatic heterocycles. The molecule has 248 valence electrons. The molecule has 0 bridgehead atoms. The quantitative estimate of drug-likeness (QED) is 0.162. The minimum atomic E-state index is 1.21. The molecule has 0 aromatic heterocycles. The van der Waals surface area contributed by atoms with E-state index in [2.05, 4.69) is 194 Å². The average molecular weight is 681 g/mol.